The summed E-state index contributed by atoms with van der Waals surface area (Å²) in [6.07, 6.45) is 31.6. The predicted molar refractivity (Wildman–Crippen MR) is 449 cm³/mol. The van der Waals surface area contributed by atoms with Crippen molar-refractivity contribution in [1.82, 2.24) is 0 Å². The zero-order valence-corrected chi connectivity index (χ0v) is 79.7. The largest absolute Gasteiger partial charge is 1.00 e. The zero-order valence-electron chi connectivity index (χ0n) is 78.7. The Morgan fingerprint density at radius 2 is 0.612 bits per heavy atom. The van der Waals surface area contributed by atoms with Crippen LogP contribution in [0.1, 0.15) is 360 Å². The van der Waals surface area contributed by atoms with Crippen molar-refractivity contribution < 1.29 is 103 Å². The first-order valence-corrected chi connectivity index (χ1v) is 46.8. The van der Waals surface area contributed by atoms with E-state index in [4.69, 9.17) is 28.4 Å². The van der Waals surface area contributed by atoms with Crippen LogP contribution in [0.5, 0.6) is 0 Å². The quantitative estimate of drug-likeness (QED) is 0.0804. The molecular weight excluding hydrogens is 1460 g/mol. The van der Waals surface area contributed by atoms with Crippen LogP contribution >= 0.6 is 0 Å². The van der Waals surface area contributed by atoms with Gasteiger partial charge in [-0.3, -0.25) is 33.6 Å². The van der Waals surface area contributed by atoms with Crippen LogP contribution in [-0.4, -0.2) is 92.8 Å². The van der Waals surface area contributed by atoms with Crippen molar-refractivity contribution in [2.75, 3.05) is 20.4 Å². The molecular formula is C99H161BNaO15. The molecule has 0 heterocycles. The minimum atomic E-state index is -0.456. The fraction of sp³-hybridized carbons (Fsp3) is 0.929. The SMILES string of the molecule is CC(=O)OCOC(=O)[C@]12CC[C@@H](C(C)C)C1[C@H]1CC[C@@H]3[C@@]4(C)CCC(=O)C(C)(C)C4CC[C@@]3(C)[C@]1(C)CC2.CC(=O)OCOC(=O)[C@]12CC[C@@H](C(C)C)C1[C@H]1CC[C@@H]3[C@@]4(C)CC[C@@H](O)C(C)(C)C4CC[C@@]3(C)[C@]1(C)CC2.CC(=O)OCOC(=O)[C@]12CC[C@@H](C(C)C)C1[C@H]1CC[C@@H]3[C@@]4(C)CC[C@H](O)C(C)(C)C4CC[C@@]3(C)[C@]1(C)CC2.[B].[H-].[Na+]. The van der Waals surface area contributed by atoms with E-state index in [-0.39, 0.29) is 155 Å². The second-order valence-corrected chi connectivity index (χ2v) is 47.3. The number of ether oxygens (including phenoxy) is 6. The molecule has 0 amide bonds. The topological polar surface area (TPSA) is 215 Å². The van der Waals surface area contributed by atoms with E-state index >= 15 is 0 Å². The number of hydrogen-bond acceptors (Lipinski definition) is 15. The maximum absolute atomic E-state index is 13.8. The number of ketones is 1. The number of esters is 6. The van der Waals surface area contributed by atoms with Gasteiger partial charge in [0.25, 0.3) is 0 Å². The molecule has 0 aromatic carbocycles. The summed E-state index contributed by atoms with van der Waals surface area (Å²) < 4.78 is 32.1. The van der Waals surface area contributed by atoms with Crippen LogP contribution in [0.3, 0.4) is 0 Å². The molecule has 116 heavy (non-hydrogen) atoms. The summed E-state index contributed by atoms with van der Waals surface area (Å²) in [4.78, 5) is 88.4. The molecule has 15 saturated carbocycles. The Morgan fingerprint density at radius 1 is 0.336 bits per heavy atom. The van der Waals surface area contributed by atoms with Gasteiger partial charge in [0.1, 0.15) is 5.78 Å². The Labute approximate surface area is 727 Å². The molecule has 15 aliphatic carbocycles. The third kappa shape index (κ3) is 13.9. The van der Waals surface area contributed by atoms with Crippen LogP contribution in [0.15, 0.2) is 0 Å². The van der Waals surface area contributed by atoms with Gasteiger partial charge in [-0.05, 0) is 352 Å². The Hall–Kier alpha value is -2.53. The Kier molecular flexibility index (Phi) is 26.4. The van der Waals surface area contributed by atoms with Gasteiger partial charge in [-0.25, -0.2) is 0 Å². The molecule has 15 nitrogen and oxygen atoms in total. The van der Waals surface area contributed by atoms with Crippen molar-refractivity contribution in [3.05, 3.63) is 0 Å². The van der Waals surface area contributed by atoms with Gasteiger partial charge in [-0.1, -0.05) is 145 Å². The number of hydrogen-bond donors (Lipinski definition) is 2. The molecule has 15 aliphatic rings. The molecule has 0 saturated heterocycles. The van der Waals surface area contributed by atoms with Gasteiger partial charge in [-0.15, -0.1) is 0 Å². The monoisotopic (exact) mass is 1620 g/mol. The summed E-state index contributed by atoms with van der Waals surface area (Å²) in [6, 6.07) is 0. The van der Waals surface area contributed by atoms with Crippen LogP contribution in [0, 0.1) is 188 Å². The average Bonchev–Trinajstić information content (AvgIpc) is 1.68. The molecule has 0 aromatic heterocycles. The summed E-state index contributed by atoms with van der Waals surface area (Å²) >= 11 is 0. The summed E-state index contributed by atoms with van der Waals surface area (Å²) in [5.41, 5.74) is 0.282. The van der Waals surface area contributed by atoms with Crippen molar-refractivity contribution in [1.29, 1.82) is 0 Å². The number of carbonyl (C=O) groups excluding carboxylic acids is 7. The van der Waals surface area contributed by atoms with Gasteiger partial charge in [-0.2, -0.15) is 0 Å². The molecule has 15 rings (SSSR count). The minimum absolute atomic E-state index is 0. The predicted octanol–water partition coefficient (Wildman–Crippen LogP) is 18.4. The zero-order chi connectivity index (χ0) is 83.7. The number of aliphatic hydroxyl groups is 2. The fourth-order valence-electron chi connectivity index (χ4n) is 35.9. The smallest absolute Gasteiger partial charge is 1.00 e. The number of Topliss-reactive ketones (excluding diaryl/α,β-unsaturated/α-hetero) is 1. The van der Waals surface area contributed by atoms with Crippen LogP contribution in [-0.2, 0) is 62.0 Å². The summed E-state index contributed by atoms with van der Waals surface area (Å²) in [5.74, 6) is 7.99. The second kappa shape index (κ2) is 32.5. The number of rotatable bonds is 12. The van der Waals surface area contributed by atoms with E-state index in [2.05, 4.69) is 145 Å². The molecule has 3 radical (unpaired) electrons. The molecule has 0 spiro atoms. The van der Waals surface area contributed by atoms with Crippen LogP contribution < -0.4 is 29.6 Å². The van der Waals surface area contributed by atoms with Crippen molar-refractivity contribution in [2.24, 2.45) is 188 Å². The molecule has 29 atom stereocenters. The first-order valence-electron chi connectivity index (χ1n) is 46.8. The van der Waals surface area contributed by atoms with Crippen LogP contribution in [0.2, 0.25) is 0 Å². The third-order valence-corrected chi connectivity index (χ3v) is 42.3. The first kappa shape index (κ1) is 94.2. The van der Waals surface area contributed by atoms with E-state index in [0.717, 1.165) is 122 Å². The molecule has 651 valence electrons. The van der Waals surface area contributed by atoms with Crippen molar-refractivity contribution in [2.45, 2.75) is 371 Å². The van der Waals surface area contributed by atoms with Gasteiger partial charge in [0.2, 0.25) is 20.4 Å². The molecule has 6 unspecified atom stereocenters. The van der Waals surface area contributed by atoms with Crippen molar-refractivity contribution >= 4 is 50.0 Å². The first-order chi connectivity index (χ1) is 52.9. The number of aliphatic hydroxyl groups excluding tert-OH is 2. The molecule has 0 aliphatic heterocycles. The van der Waals surface area contributed by atoms with E-state index in [1.165, 1.54) is 91.4 Å². The van der Waals surface area contributed by atoms with E-state index in [1.54, 1.807) is 0 Å². The van der Waals surface area contributed by atoms with Gasteiger partial charge in [0.05, 0.1) is 28.5 Å². The van der Waals surface area contributed by atoms with E-state index in [0.29, 0.717) is 112 Å². The third-order valence-electron chi connectivity index (χ3n) is 42.3. The van der Waals surface area contributed by atoms with Crippen molar-refractivity contribution in [3.63, 3.8) is 0 Å². The van der Waals surface area contributed by atoms with Gasteiger partial charge < -0.3 is 40.1 Å². The van der Waals surface area contributed by atoms with E-state index in [9.17, 15) is 43.8 Å². The Morgan fingerprint density at radius 3 is 0.888 bits per heavy atom. The van der Waals surface area contributed by atoms with Crippen molar-refractivity contribution in [3.8, 4) is 0 Å². The van der Waals surface area contributed by atoms with E-state index in [1.807, 2.05) is 0 Å². The maximum Gasteiger partial charge on any atom is 1.00 e. The molecule has 15 fully saturated rings. The van der Waals surface area contributed by atoms with Gasteiger partial charge in [0.15, 0.2) is 0 Å². The maximum atomic E-state index is 13.8. The Bertz CT molecular complexity index is 3520. The molecule has 2 N–H and O–H groups in total. The summed E-state index contributed by atoms with van der Waals surface area (Å²) in [7, 11) is 0. The molecule has 17 heteroatoms. The van der Waals surface area contributed by atoms with Crippen LogP contribution in [0.4, 0.5) is 0 Å². The van der Waals surface area contributed by atoms with E-state index < -0.39 is 34.2 Å². The minimum Gasteiger partial charge on any atom is -1.00 e. The Balaban J connectivity index is 0.000000183. The molecule has 0 aromatic rings. The second-order valence-electron chi connectivity index (χ2n) is 47.3. The normalized spacial score (nSPS) is 47.8. The number of carbonyl (C=O) groups is 7. The fourth-order valence-corrected chi connectivity index (χ4v) is 35.9. The summed E-state index contributed by atoms with van der Waals surface area (Å²) in [6.45, 7) is 54.3. The average molecular weight is 1630 g/mol. The standard InChI is InChI=1S/2C33H54O5.C33H52O5.B.Na.H/c3*1-20(2)22-11-16-33(28(36)38-19-37-21(3)34)18-17-31(7)23(27(22)33)9-10-25-30(6)14-13-26(35)29(4,5)24(30)12-15-32(25,31)8;;;/h2*20,22-27,35H,9-19H2,1-8H3;20,22-25,27H,9-19H2,1-8H3;;;/q;;;;+1;-1/t22-,23+,24?,25+,26+,27?,30-,31+,32+,33-;22-,23+,24?,25+,26-,27?,30-,31+,32+,33-;22-,23+,24?,25+,27?,30-,31+,32+,33-;;;/m000.../s1. The summed E-state index contributed by atoms with van der Waals surface area (Å²) in [5, 5.41) is 21.9. The van der Waals surface area contributed by atoms with Gasteiger partial charge in [0, 0.05) is 41.0 Å². The molecule has 0 bridgehead atoms. The van der Waals surface area contributed by atoms with Crippen LogP contribution in [0.25, 0.3) is 0 Å². The number of fused-ring (bicyclic) bond motifs is 21. The van der Waals surface area contributed by atoms with Gasteiger partial charge >= 0.3 is 65.4 Å².